The summed E-state index contributed by atoms with van der Waals surface area (Å²) < 4.78 is 5.54. The summed E-state index contributed by atoms with van der Waals surface area (Å²) in [6.07, 6.45) is -0.0421. The molecule has 0 aliphatic carbocycles. The van der Waals surface area contributed by atoms with Gasteiger partial charge in [-0.1, -0.05) is 13.8 Å². The van der Waals surface area contributed by atoms with Crippen LogP contribution in [0.5, 0.6) is 0 Å². The monoisotopic (exact) mass is 251 g/mol. The Morgan fingerprint density at radius 2 is 1.67 bits per heavy atom. The Labute approximate surface area is 110 Å². The van der Waals surface area contributed by atoms with Crippen LogP contribution in [0.15, 0.2) is 0 Å². The molecule has 0 saturated carbocycles. The molecule has 1 N–H and O–H groups in total. The smallest absolute Gasteiger partial charge is 0.157 e. The molecular formula is C14H25N3O. The molecule has 0 spiro atoms. The van der Waals surface area contributed by atoms with E-state index in [1.54, 1.807) is 0 Å². The topological polar surface area (TPSA) is 47.0 Å². The molecule has 4 nitrogen and oxygen atoms in total. The molecule has 0 aliphatic heterocycles. The molecule has 0 aromatic carbocycles. The third-order valence-electron chi connectivity index (χ3n) is 2.91. The Morgan fingerprint density at radius 3 is 2.11 bits per heavy atom. The van der Waals surface area contributed by atoms with Gasteiger partial charge in [0.25, 0.3) is 0 Å². The van der Waals surface area contributed by atoms with Gasteiger partial charge in [0.2, 0.25) is 0 Å². The molecule has 102 valence electrons. The first-order valence-corrected chi connectivity index (χ1v) is 6.64. The first kappa shape index (κ1) is 15.1. The SMILES string of the molecule is CCOC(C)c1nc(C)c(CNC(C)C)c(C)n1. The van der Waals surface area contributed by atoms with Gasteiger partial charge < -0.3 is 10.1 Å². The lowest BCUT2D eigenvalue weighted by Crippen LogP contribution is -2.24. The van der Waals surface area contributed by atoms with E-state index in [1.807, 2.05) is 27.7 Å². The Hall–Kier alpha value is -1.00. The van der Waals surface area contributed by atoms with Crippen LogP contribution in [0, 0.1) is 13.8 Å². The summed E-state index contributed by atoms with van der Waals surface area (Å²) in [5.74, 6) is 0.778. The number of rotatable bonds is 6. The summed E-state index contributed by atoms with van der Waals surface area (Å²) in [5, 5.41) is 3.41. The lowest BCUT2D eigenvalue weighted by molar-refractivity contribution is 0.0697. The van der Waals surface area contributed by atoms with Crippen molar-refractivity contribution < 1.29 is 4.74 Å². The highest BCUT2D eigenvalue weighted by molar-refractivity contribution is 5.24. The second-order valence-corrected chi connectivity index (χ2v) is 4.86. The molecule has 1 aromatic heterocycles. The van der Waals surface area contributed by atoms with Crippen molar-refractivity contribution in [3.05, 3.63) is 22.8 Å². The van der Waals surface area contributed by atoms with Crippen LogP contribution in [0.25, 0.3) is 0 Å². The Morgan fingerprint density at radius 1 is 1.11 bits per heavy atom. The van der Waals surface area contributed by atoms with Gasteiger partial charge in [0.15, 0.2) is 5.82 Å². The van der Waals surface area contributed by atoms with Crippen LogP contribution < -0.4 is 5.32 Å². The third-order valence-corrected chi connectivity index (χ3v) is 2.91. The van der Waals surface area contributed by atoms with E-state index in [2.05, 4.69) is 29.1 Å². The second kappa shape index (κ2) is 6.81. The maximum atomic E-state index is 5.54. The molecule has 0 fully saturated rings. The molecular weight excluding hydrogens is 226 g/mol. The fourth-order valence-corrected chi connectivity index (χ4v) is 1.83. The van der Waals surface area contributed by atoms with Crippen molar-refractivity contribution in [1.29, 1.82) is 0 Å². The van der Waals surface area contributed by atoms with Gasteiger partial charge in [0.05, 0.1) is 0 Å². The summed E-state index contributed by atoms with van der Waals surface area (Å²) in [7, 11) is 0. The largest absolute Gasteiger partial charge is 0.371 e. The van der Waals surface area contributed by atoms with E-state index in [-0.39, 0.29) is 6.10 Å². The Bertz CT molecular complexity index is 368. The normalized spacial score (nSPS) is 13.1. The molecule has 0 amide bonds. The molecule has 0 aliphatic rings. The van der Waals surface area contributed by atoms with Crippen LogP contribution in [-0.2, 0) is 11.3 Å². The van der Waals surface area contributed by atoms with Gasteiger partial charge in [-0.25, -0.2) is 9.97 Å². The van der Waals surface area contributed by atoms with Crippen molar-refractivity contribution in [2.24, 2.45) is 0 Å². The maximum Gasteiger partial charge on any atom is 0.157 e. The molecule has 0 radical (unpaired) electrons. The molecule has 18 heavy (non-hydrogen) atoms. The number of nitrogens with zero attached hydrogens (tertiary/aromatic N) is 2. The average molecular weight is 251 g/mol. The van der Waals surface area contributed by atoms with Gasteiger partial charge in [-0.05, 0) is 27.7 Å². The van der Waals surface area contributed by atoms with Crippen LogP contribution in [0.4, 0.5) is 0 Å². The van der Waals surface area contributed by atoms with Gasteiger partial charge in [0, 0.05) is 36.1 Å². The van der Waals surface area contributed by atoms with Crippen LogP contribution in [0.2, 0.25) is 0 Å². The highest BCUT2D eigenvalue weighted by atomic mass is 16.5. The standard InChI is InChI=1S/C14H25N3O/c1-7-18-12(6)14-16-10(4)13(11(5)17-14)8-15-9(2)3/h9,12,15H,7-8H2,1-6H3. The van der Waals surface area contributed by atoms with E-state index < -0.39 is 0 Å². The highest BCUT2D eigenvalue weighted by Crippen LogP contribution is 2.16. The zero-order valence-corrected chi connectivity index (χ0v) is 12.4. The summed E-state index contributed by atoms with van der Waals surface area (Å²) in [5.41, 5.74) is 3.27. The predicted molar refractivity (Wildman–Crippen MR) is 73.5 cm³/mol. The van der Waals surface area contributed by atoms with Crippen molar-refractivity contribution in [3.8, 4) is 0 Å². The third kappa shape index (κ3) is 4.03. The average Bonchev–Trinajstić information content (AvgIpc) is 2.27. The number of aromatic nitrogens is 2. The van der Waals surface area contributed by atoms with E-state index in [0.29, 0.717) is 12.6 Å². The number of ether oxygens (including phenoxy) is 1. The van der Waals surface area contributed by atoms with Gasteiger partial charge >= 0.3 is 0 Å². The van der Waals surface area contributed by atoms with Crippen molar-refractivity contribution >= 4 is 0 Å². The van der Waals surface area contributed by atoms with Gasteiger partial charge in [-0.3, -0.25) is 0 Å². The zero-order valence-electron chi connectivity index (χ0n) is 12.4. The number of hydrogen-bond acceptors (Lipinski definition) is 4. The lowest BCUT2D eigenvalue weighted by atomic mass is 10.1. The van der Waals surface area contributed by atoms with Crippen molar-refractivity contribution in [1.82, 2.24) is 15.3 Å². The van der Waals surface area contributed by atoms with E-state index in [1.165, 1.54) is 5.56 Å². The Balaban J connectivity index is 2.90. The molecule has 1 unspecified atom stereocenters. The minimum Gasteiger partial charge on any atom is -0.371 e. The molecule has 1 aromatic rings. The van der Waals surface area contributed by atoms with E-state index in [9.17, 15) is 0 Å². The van der Waals surface area contributed by atoms with Crippen molar-refractivity contribution in [2.45, 2.75) is 60.2 Å². The summed E-state index contributed by atoms with van der Waals surface area (Å²) in [6, 6.07) is 0.464. The van der Waals surface area contributed by atoms with Crippen LogP contribution >= 0.6 is 0 Å². The number of aryl methyl sites for hydroxylation is 2. The van der Waals surface area contributed by atoms with E-state index in [4.69, 9.17) is 4.74 Å². The number of nitrogens with one attached hydrogen (secondary N) is 1. The summed E-state index contributed by atoms with van der Waals surface area (Å²) in [6.45, 7) is 13.8. The fourth-order valence-electron chi connectivity index (χ4n) is 1.83. The highest BCUT2D eigenvalue weighted by Gasteiger charge is 2.13. The van der Waals surface area contributed by atoms with Gasteiger partial charge in [-0.15, -0.1) is 0 Å². The first-order chi connectivity index (χ1) is 8.45. The quantitative estimate of drug-likeness (QED) is 0.844. The van der Waals surface area contributed by atoms with Crippen molar-refractivity contribution in [3.63, 3.8) is 0 Å². The molecule has 0 bridgehead atoms. The predicted octanol–water partition coefficient (Wildman–Crippen LogP) is 2.69. The second-order valence-electron chi connectivity index (χ2n) is 4.86. The molecule has 1 rings (SSSR count). The minimum atomic E-state index is -0.0421. The minimum absolute atomic E-state index is 0.0421. The summed E-state index contributed by atoms with van der Waals surface area (Å²) >= 11 is 0. The number of hydrogen-bond donors (Lipinski definition) is 1. The summed E-state index contributed by atoms with van der Waals surface area (Å²) in [4.78, 5) is 9.11. The van der Waals surface area contributed by atoms with Gasteiger partial charge in [0.1, 0.15) is 6.10 Å². The molecule has 1 atom stereocenters. The van der Waals surface area contributed by atoms with E-state index >= 15 is 0 Å². The van der Waals surface area contributed by atoms with Crippen LogP contribution in [0.1, 0.15) is 56.6 Å². The van der Waals surface area contributed by atoms with Crippen LogP contribution in [-0.4, -0.2) is 22.6 Å². The zero-order chi connectivity index (χ0) is 13.7. The lowest BCUT2D eigenvalue weighted by Gasteiger charge is -2.16. The van der Waals surface area contributed by atoms with E-state index in [0.717, 1.165) is 23.8 Å². The molecule has 4 heteroatoms. The molecule has 1 heterocycles. The maximum absolute atomic E-state index is 5.54. The van der Waals surface area contributed by atoms with Crippen molar-refractivity contribution in [2.75, 3.05) is 6.61 Å². The molecule has 0 saturated heterocycles. The van der Waals surface area contributed by atoms with Gasteiger partial charge in [-0.2, -0.15) is 0 Å². The Kier molecular flexibility index (Phi) is 5.69. The first-order valence-electron chi connectivity index (χ1n) is 6.64. The fraction of sp³-hybridized carbons (Fsp3) is 0.714. The van der Waals surface area contributed by atoms with Crippen LogP contribution in [0.3, 0.4) is 0 Å².